The second-order valence-corrected chi connectivity index (χ2v) is 6.76. The van der Waals surface area contributed by atoms with E-state index in [0.717, 1.165) is 42.1 Å². The first-order valence-electron chi connectivity index (χ1n) is 8.93. The lowest BCUT2D eigenvalue weighted by atomic mass is 9.93. The third kappa shape index (κ3) is 2.22. The SMILES string of the molecule is CCNC(=O)C1c2c([nH]c3ccccc23)C(=O)N1C1CCCCC1. The number of H-pyrrole nitrogens is 1. The van der Waals surface area contributed by atoms with Crippen LogP contribution in [0.2, 0.25) is 0 Å². The fourth-order valence-corrected chi connectivity index (χ4v) is 4.27. The van der Waals surface area contributed by atoms with Crippen LogP contribution in [-0.2, 0) is 4.79 Å². The van der Waals surface area contributed by atoms with Gasteiger partial charge in [0.25, 0.3) is 5.91 Å². The van der Waals surface area contributed by atoms with Gasteiger partial charge in [0.15, 0.2) is 0 Å². The van der Waals surface area contributed by atoms with E-state index in [-0.39, 0.29) is 17.9 Å². The van der Waals surface area contributed by atoms with Crippen LogP contribution >= 0.6 is 0 Å². The summed E-state index contributed by atoms with van der Waals surface area (Å²) in [6.45, 7) is 2.48. The second-order valence-electron chi connectivity index (χ2n) is 6.76. The first-order valence-corrected chi connectivity index (χ1v) is 8.93. The third-order valence-corrected chi connectivity index (χ3v) is 5.31. The van der Waals surface area contributed by atoms with Crippen molar-refractivity contribution < 1.29 is 9.59 Å². The quantitative estimate of drug-likeness (QED) is 0.910. The number of nitrogens with one attached hydrogen (secondary N) is 2. The van der Waals surface area contributed by atoms with Gasteiger partial charge in [-0.2, -0.15) is 0 Å². The molecule has 2 amide bonds. The van der Waals surface area contributed by atoms with Gasteiger partial charge >= 0.3 is 0 Å². The lowest BCUT2D eigenvalue weighted by Crippen LogP contribution is -2.45. The molecule has 5 nitrogen and oxygen atoms in total. The molecule has 1 aliphatic carbocycles. The van der Waals surface area contributed by atoms with Crippen LogP contribution in [0.25, 0.3) is 10.9 Å². The van der Waals surface area contributed by atoms with Gasteiger partial charge in [0, 0.05) is 29.1 Å². The number of hydrogen-bond donors (Lipinski definition) is 2. The van der Waals surface area contributed by atoms with Gasteiger partial charge < -0.3 is 15.2 Å². The lowest BCUT2D eigenvalue weighted by molar-refractivity contribution is -0.126. The van der Waals surface area contributed by atoms with Crippen molar-refractivity contribution in [2.45, 2.75) is 51.1 Å². The molecule has 1 aromatic heterocycles. The fraction of sp³-hybridized carbons (Fsp3) is 0.474. The van der Waals surface area contributed by atoms with E-state index in [2.05, 4.69) is 10.3 Å². The molecule has 2 aliphatic rings. The molecule has 0 spiro atoms. The van der Waals surface area contributed by atoms with Crippen LogP contribution in [-0.4, -0.2) is 34.3 Å². The molecular weight excluding hydrogens is 302 g/mol. The Kier molecular flexibility index (Phi) is 3.79. The van der Waals surface area contributed by atoms with Gasteiger partial charge in [-0.05, 0) is 25.8 Å². The number of benzene rings is 1. The number of carbonyl (C=O) groups excluding carboxylic acids is 2. The molecular formula is C19H23N3O2. The van der Waals surface area contributed by atoms with Crippen LogP contribution in [0.3, 0.4) is 0 Å². The summed E-state index contributed by atoms with van der Waals surface area (Å²) in [4.78, 5) is 31.0. The molecule has 0 bridgehead atoms. The van der Waals surface area contributed by atoms with Crippen LogP contribution in [0.15, 0.2) is 24.3 Å². The number of hydrogen-bond acceptors (Lipinski definition) is 2. The molecule has 2 aromatic rings. The van der Waals surface area contributed by atoms with Gasteiger partial charge in [-0.15, -0.1) is 0 Å². The Bertz CT molecular complexity index is 789. The van der Waals surface area contributed by atoms with E-state index in [4.69, 9.17) is 0 Å². The molecule has 0 saturated heterocycles. The van der Waals surface area contributed by atoms with E-state index < -0.39 is 6.04 Å². The molecule has 1 aromatic carbocycles. The Balaban J connectivity index is 1.82. The zero-order valence-electron chi connectivity index (χ0n) is 14.0. The van der Waals surface area contributed by atoms with Crippen molar-refractivity contribution in [3.8, 4) is 0 Å². The maximum atomic E-state index is 13.1. The number of aromatic nitrogens is 1. The summed E-state index contributed by atoms with van der Waals surface area (Å²) < 4.78 is 0. The van der Waals surface area contributed by atoms with Crippen LogP contribution in [0, 0.1) is 0 Å². The van der Waals surface area contributed by atoms with Crippen molar-refractivity contribution in [3.05, 3.63) is 35.5 Å². The number of aromatic amines is 1. The molecule has 1 saturated carbocycles. The standard InChI is InChI=1S/C19H23N3O2/c1-2-20-18(23)17-15-13-10-6-7-11-14(13)21-16(15)19(24)22(17)12-8-4-3-5-9-12/h6-7,10-12,17,21H,2-5,8-9H2,1H3,(H,20,23). The third-order valence-electron chi connectivity index (χ3n) is 5.31. The summed E-state index contributed by atoms with van der Waals surface area (Å²) in [5.74, 6) is -0.0933. The molecule has 1 fully saturated rings. The van der Waals surface area contributed by atoms with Gasteiger partial charge in [0.2, 0.25) is 5.91 Å². The lowest BCUT2D eigenvalue weighted by Gasteiger charge is -2.35. The highest BCUT2D eigenvalue weighted by molar-refractivity contribution is 6.09. The number of nitrogens with zero attached hydrogens (tertiary/aromatic N) is 1. The van der Waals surface area contributed by atoms with Gasteiger partial charge in [0.1, 0.15) is 11.7 Å². The molecule has 1 atom stereocenters. The smallest absolute Gasteiger partial charge is 0.271 e. The summed E-state index contributed by atoms with van der Waals surface area (Å²) in [5.41, 5.74) is 2.37. The normalized spacial score (nSPS) is 21.3. The summed E-state index contributed by atoms with van der Waals surface area (Å²) >= 11 is 0. The van der Waals surface area contributed by atoms with E-state index in [1.807, 2.05) is 36.1 Å². The second kappa shape index (κ2) is 5.96. The molecule has 126 valence electrons. The Hall–Kier alpha value is -2.30. The first kappa shape index (κ1) is 15.2. The monoisotopic (exact) mass is 325 g/mol. The highest BCUT2D eigenvalue weighted by Crippen LogP contribution is 2.42. The highest BCUT2D eigenvalue weighted by Gasteiger charge is 2.46. The molecule has 2 heterocycles. The number of para-hydroxylation sites is 1. The van der Waals surface area contributed by atoms with Gasteiger partial charge in [-0.1, -0.05) is 37.5 Å². The summed E-state index contributed by atoms with van der Waals surface area (Å²) in [5, 5.41) is 3.91. The fourth-order valence-electron chi connectivity index (χ4n) is 4.27. The van der Waals surface area contributed by atoms with Crippen molar-refractivity contribution >= 4 is 22.7 Å². The van der Waals surface area contributed by atoms with Crippen LogP contribution in [0.4, 0.5) is 0 Å². The van der Waals surface area contributed by atoms with E-state index in [1.54, 1.807) is 0 Å². The average molecular weight is 325 g/mol. The van der Waals surface area contributed by atoms with Crippen molar-refractivity contribution in [1.29, 1.82) is 0 Å². The predicted molar refractivity (Wildman–Crippen MR) is 92.8 cm³/mol. The minimum absolute atomic E-state index is 0.0237. The minimum Gasteiger partial charge on any atom is -0.354 e. The zero-order valence-corrected chi connectivity index (χ0v) is 14.0. The minimum atomic E-state index is -0.508. The molecule has 1 aliphatic heterocycles. The van der Waals surface area contributed by atoms with Gasteiger partial charge in [-0.25, -0.2) is 0 Å². The Morgan fingerprint density at radius 3 is 2.75 bits per heavy atom. The van der Waals surface area contributed by atoms with Crippen molar-refractivity contribution in [2.24, 2.45) is 0 Å². The molecule has 4 rings (SSSR count). The number of amides is 2. The van der Waals surface area contributed by atoms with Crippen molar-refractivity contribution in [1.82, 2.24) is 15.2 Å². The predicted octanol–water partition coefficient (Wildman–Crippen LogP) is 3.13. The Morgan fingerprint density at radius 2 is 2.00 bits per heavy atom. The largest absolute Gasteiger partial charge is 0.354 e. The van der Waals surface area contributed by atoms with Crippen molar-refractivity contribution in [2.75, 3.05) is 6.54 Å². The topological polar surface area (TPSA) is 65.2 Å². The molecule has 24 heavy (non-hydrogen) atoms. The molecule has 2 N–H and O–H groups in total. The first-order chi connectivity index (χ1) is 11.7. The summed E-state index contributed by atoms with van der Waals surface area (Å²) in [7, 11) is 0. The number of rotatable bonds is 3. The maximum Gasteiger partial charge on any atom is 0.271 e. The Morgan fingerprint density at radius 1 is 1.25 bits per heavy atom. The van der Waals surface area contributed by atoms with E-state index in [1.165, 1.54) is 6.42 Å². The molecule has 0 radical (unpaired) electrons. The van der Waals surface area contributed by atoms with Gasteiger partial charge in [0.05, 0.1) is 0 Å². The van der Waals surface area contributed by atoms with Crippen LogP contribution in [0.1, 0.15) is 61.1 Å². The number of likely N-dealkylation sites (N-methyl/N-ethyl adjacent to an activating group) is 1. The summed E-state index contributed by atoms with van der Waals surface area (Å²) in [6, 6.07) is 7.51. The van der Waals surface area contributed by atoms with Crippen LogP contribution in [0.5, 0.6) is 0 Å². The average Bonchev–Trinajstić information content (AvgIpc) is 3.11. The molecule has 5 heteroatoms. The number of carbonyl (C=O) groups is 2. The zero-order chi connectivity index (χ0) is 16.7. The van der Waals surface area contributed by atoms with Crippen LogP contribution < -0.4 is 5.32 Å². The van der Waals surface area contributed by atoms with Gasteiger partial charge in [-0.3, -0.25) is 9.59 Å². The Labute approximate surface area is 141 Å². The van der Waals surface area contributed by atoms with E-state index >= 15 is 0 Å². The number of fused-ring (bicyclic) bond motifs is 3. The molecule has 1 unspecified atom stereocenters. The summed E-state index contributed by atoms with van der Waals surface area (Å²) in [6.07, 6.45) is 5.46. The van der Waals surface area contributed by atoms with Crippen molar-refractivity contribution in [3.63, 3.8) is 0 Å². The maximum absolute atomic E-state index is 13.1. The van der Waals surface area contributed by atoms with E-state index in [9.17, 15) is 9.59 Å². The van der Waals surface area contributed by atoms with E-state index in [0.29, 0.717) is 12.2 Å². The highest BCUT2D eigenvalue weighted by atomic mass is 16.2.